The second kappa shape index (κ2) is 2.88. The molecule has 6 nitrogen and oxygen atoms in total. The summed E-state index contributed by atoms with van der Waals surface area (Å²) in [6.07, 6.45) is -0.417. The molecule has 6 heteroatoms. The largest absolute Gasteiger partial charge is 0.438 e. The van der Waals surface area contributed by atoms with Gasteiger partial charge in [0.25, 0.3) is 5.69 Å². The zero-order valence-corrected chi connectivity index (χ0v) is 8.04. The van der Waals surface area contributed by atoms with Gasteiger partial charge in [-0.2, -0.15) is 4.99 Å². The maximum atomic E-state index is 10.9. The van der Waals surface area contributed by atoms with Crippen molar-refractivity contribution < 1.29 is 14.5 Å². The number of carbonyl (C=O) groups is 1. The molecule has 0 saturated heterocycles. The number of rotatable bonds is 1. The van der Waals surface area contributed by atoms with E-state index in [2.05, 4.69) is 4.99 Å². The van der Waals surface area contributed by atoms with Gasteiger partial charge in [0, 0.05) is 24.1 Å². The lowest BCUT2D eigenvalue weighted by Crippen LogP contribution is -2.14. The summed E-state index contributed by atoms with van der Waals surface area (Å²) in [4.78, 5) is 24.8. The van der Waals surface area contributed by atoms with Crippen LogP contribution >= 0.6 is 0 Å². The highest BCUT2D eigenvalue weighted by Crippen LogP contribution is 2.31. The minimum absolute atomic E-state index is 0.00134. The average Bonchev–Trinajstić information content (AvgIpc) is 2.72. The van der Waals surface area contributed by atoms with Crippen molar-refractivity contribution in [2.75, 3.05) is 0 Å². The van der Waals surface area contributed by atoms with Crippen molar-refractivity contribution in [1.29, 1.82) is 0 Å². The Hall–Kier alpha value is -2.24. The number of ether oxygens (including phenoxy) is 1. The van der Waals surface area contributed by atoms with E-state index in [0.29, 0.717) is 17.7 Å². The summed E-state index contributed by atoms with van der Waals surface area (Å²) in [6, 6.07) is 4.57. The molecular formula is C10H6N2O4. The molecule has 0 radical (unpaired) electrons. The molecular weight excluding hydrogens is 212 g/mol. The average molecular weight is 218 g/mol. The summed E-state index contributed by atoms with van der Waals surface area (Å²) in [5, 5.41) is 10.6. The first-order chi connectivity index (χ1) is 7.65. The summed E-state index contributed by atoms with van der Waals surface area (Å²) in [5.41, 5.74) is 2.11. The highest BCUT2D eigenvalue weighted by atomic mass is 16.6. The minimum Gasteiger partial charge on any atom is -0.438 e. The molecule has 0 bridgehead atoms. The fourth-order valence-electron chi connectivity index (χ4n) is 2.04. The minimum atomic E-state index is -0.614. The van der Waals surface area contributed by atoms with Crippen molar-refractivity contribution in [1.82, 2.24) is 0 Å². The molecule has 1 aromatic rings. The number of hydrogen-bond donors (Lipinski definition) is 0. The van der Waals surface area contributed by atoms with Crippen LogP contribution in [0.3, 0.4) is 0 Å². The van der Waals surface area contributed by atoms with E-state index in [1.165, 1.54) is 12.1 Å². The quantitative estimate of drug-likeness (QED) is 0.527. The van der Waals surface area contributed by atoms with Crippen LogP contribution in [0.2, 0.25) is 0 Å². The van der Waals surface area contributed by atoms with E-state index in [9.17, 15) is 14.9 Å². The third kappa shape index (κ3) is 1.13. The van der Waals surface area contributed by atoms with Gasteiger partial charge >= 0.3 is 6.09 Å². The predicted octanol–water partition coefficient (Wildman–Crippen LogP) is 1.46. The molecule has 1 amide bonds. The lowest BCUT2D eigenvalue weighted by atomic mass is 10.1. The molecule has 0 spiro atoms. The number of aliphatic imine (C=N–C) groups is 1. The number of benzene rings is 1. The number of hydrogen-bond acceptors (Lipinski definition) is 4. The van der Waals surface area contributed by atoms with Crippen LogP contribution in [0.1, 0.15) is 11.1 Å². The van der Waals surface area contributed by atoms with Gasteiger partial charge in [-0.25, -0.2) is 4.79 Å². The van der Waals surface area contributed by atoms with E-state index in [0.717, 1.165) is 5.56 Å². The standard InChI is InChI=1S/C10H6N2O4/c13-10-11-9-7-4-6(12(14)15)2-1-5(7)3-8(9)16-10/h1-2,4,8H,3H2/t8-/m0/s1. The van der Waals surface area contributed by atoms with Gasteiger partial charge in [0.1, 0.15) is 0 Å². The van der Waals surface area contributed by atoms with Gasteiger partial charge in [-0.05, 0) is 5.56 Å². The maximum Gasteiger partial charge on any atom is 0.434 e. The lowest BCUT2D eigenvalue weighted by Gasteiger charge is -1.99. The summed E-state index contributed by atoms with van der Waals surface area (Å²) < 4.78 is 4.96. The van der Waals surface area contributed by atoms with Crippen molar-refractivity contribution in [2.45, 2.75) is 12.5 Å². The molecule has 0 aromatic heterocycles. The van der Waals surface area contributed by atoms with E-state index in [-0.39, 0.29) is 11.8 Å². The second-order valence-corrected chi connectivity index (χ2v) is 3.67. The van der Waals surface area contributed by atoms with Gasteiger partial charge < -0.3 is 4.74 Å². The first-order valence-corrected chi connectivity index (χ1v) is 4.72. The fourth-order valence-corrected chi connectivity index (χ4v) is 2.04. The summed E-state index contributed by atoms with van der Waals surface area (Å²) in [7, 11) is 0. The Labute approximate surface area is 89.7 Å². The highest BCUT2D eigenvalue weighted by Gasteiger charge is 2.37. The van der Waals surface area contributed by atoms with Crippen LogP contribution in [0.4, 0.5) is 10.5 Å². The molecule has 0 fully saturated rings. The topological polar surface area (TPSA) is 81.8 Å². The van der Waals surface area contributed by atoms with Gasteiger partial charge in [-0.3, -0.25) is 10.1 Å². The Morgan fingerprint density at radius 3 is 3.06 bits per heavy atom. The van der Waals surface area contributed by atoms with Gasteiger partial charge in [0.2, 0.25) is 0 Å². The maximum absolute atomic E-state index is 10.9. The summed E-state index contributed by atoms with van der Waals surface area (Å²) in [6.45, 7) is 0. The molecule has 3 rings (SSSR count). The van der Waals surface area contributed by atoms with E-state index in [1.54, 1.807) is 6.07 Å². The van der Waals surface area contributed by atoms with Crippen molar-refractivity contribution in [3.63, 3.8) is 0 Å². The third-order valence-corrected chi connectivity index (χ3v) is 2.75. The molecule has 1 atom stereocenters. The Bertz CT molecular complexity index is 550. The van der Waals surface area contributed by atoms with E-state index in [1.807, 2.05) is 0 Å². The summed E-state index contributed by atoms with van der Waals surface area (Å²) in [5.74, 6) is 0. The van der Waals surface area contributed by atoms with Crippen molar-refractivity contribution >= 4 is 17.5 Å². The zero-order valence-electron chi connectivity index (χ0n) is 8.04. The molecule has 1 aliphatic carbocycles. The number of nitro groups is 1. The highest BCUT2D eigenvalue weighted by molar-refractivity contribution is 6.15. The van der Waals surface area contributed by atoms with Gasteiger partial charge in [-0.15, -0.1) is 0 Å². The molecule has 2 aliphatic rings. The normalized spacial score (nSPS) is 21.1. The molecule has 16 heavy (non-hydrogen) atoms. The van der Waals surface area contributed by atoms with Crippen LogP contribution in [0.15, 0.2) is 23.2 Å². The van der Waals surface area contributed by atoms with Gasteiger partial charge in [0.05, 0.1) is 10.6 Å². The number of fused-ring (bicyclic) bond motifs is 3. The van der Waals surface area contributed by atoms with Crippen molar-refractivity contribution in [3.05, 3.63) is 39.4 Å². The zero-order chi connectivity index (χ0) is 11.3. The molecule has 0 unspecified atom stereocenters. The number of carbonyl (C=O) groups excluding carboxylic acids is 1. The Morgan fingerprint density at radius 1 is 1.50 bits per heavy atom. The van der Waals surface area contributed by atoms with Crippen LogP contribution in [0, 0.1) is 10.1 Å². The van der Waals surface area contributed by atoms with Crippen molar-refractivity contribution in [3.8, 4) is 0 Å². The SMILES string of the molecule is O=C1N=C2c3cc([N+](=O)[O-])ccc3C[C@@H]2O1. The molecule has 1 aliphatic heterocycles. The number of nitrogens with zero attached hydrogens (tertiary/aromatic N) is 2. The van der Waals surface area contributed by atoms with Crippen LogP contribution in [0.25, 0.3) is 0 Å². The molecule has 80 valence electrons. The van der Waals surface area contributed by atoms with Crippen molar-refractivity contribution in [2.24, 2.45) is 4.99 Å². The molecule has 1 heterocycles. The van der Waals surface area contributed by atoms with Crippen LogP contribution < -0.4 is 0 Å². The third-order valence-electron chi connectivity index (χ3n) is 2.75. The Balaban J connectivity index is 2.14. The number of nitro benzene ring substituents is 1. The molecule has 0 N–H and O–H groups in total. The smallest absolute Gasteiger partial charge is 0.434 e. The van der Waals surface area contributed by atoms with Crippen LogP contribution in [-0.2, 0) is 11.2 Å². The lowest BCUT2D eigenvalue weighted by molar-refractivity contribution is -0.384. The molecule has 1 aromatic carbocycles. The first kappa shape index (κ1) is 9.02. The predicted molar refractivity (Wildman–Crippen MR) is 53.6 cm³/mol. The van der Waals surface area contributed by atoms with Gasteiger partial charge in [-0.1, -0.05) is 6.07 Å². The first-order valence-electron chi connectivity index (χ1n) is 4.72. The van der Waals surface area contributed by atoms with Crippen LogP contribution in [0.5, 0.6) is 0 Å². The Morgan fingerprint density at radius 2 is 2.31 bits per heavy atom. The van der Waals surface area contributed by atoms with Crippen LogP contribution in [-0.4, -0.2) is 22.8 Å². The molecule has 0 saturated carbocycles. The fraction of sp³-hybridized carbons (Fsp3) is 0.200. The monoisotopic (exact) mass is 218 g/mol. The van der Waals surface area contributed by atoms with Gasteiger partial charge in [0.15, 0.2) is 6.10 Å². The second-order valence-electron chi connectivity index (χ2n) is 3.67. The van der Waals surface area contributed by atoms with E-state index in [4.69, 9.17) is 4.74 Å². The van der Waals surface area contributed by atoms with E-state index < -0.39 is 11.0 Å². The summed E-state index contributed by atoms with van der Waals surface area (Å²) >= 11 is 0. The number of amides is 1. The Kier molecular flexibility index (Phi) is 1.62. The number of non-ortho nitro benzene ring substituents is 1. The van der Waals surface area contributed by atoms with E-state index >= 15 is 0 Å².